The van der Waals surface area contributed by atoms with E-state index < -0.39 is 0 Å². The number of carbonyl (C=O) groups is 2. The van der Waals surface area contributed by atoms with Crippen molar-refractivity contribution in [3.05, 3.63) is 29.8 Å². The molecule has 1 aromatic rings. The first-order valence-corrected chi connectivity index (χ1v) is 8.35. The van der Waals surface area contributed by atoms with E-state index in [9.17, 15) is 9.59 Å². The van der Waals surface area contributed by atoms with Crippen LogP contribution in [-0.2, 0) is 16.0 Å². The van der Waals surface area contributed by atoms with E-state index in [-0.39, 0.29) is 17.9 Å². The van der Waals surface area contributed by atoms with Gasteiger partial charge in [0, 0.05) is 31.2 Å². The highest BCUT2D eigenvalue weighted by Crippen LogP contribution is 2.14. The smallest absolute Gasteiger partial charge is 0.224 e. The quantitative estimate of drug-likeness (QED) is 0.815. The summed E-state index contributed by atoms with van der Waals surface area (Å²) in [5.41, 5.74) is 7.30. The molecule has 126 valence electrons. The van der Waals surface area contributed by atoms with E-state index in [0.717, 1.165) is 31.5 Å². The standard InChI is InChI=1S/C18H27N3O2/c1-13(2)11-18(23)21-9-7-16(8-10-21)20-17(22)12-14-3-5-15(19)6-4-14/h3-6,13,16H,7-12,19H2,1-2H3,(H,20,22). The summed E-state index contributed by atoms with van der Waals surface area (Å²) in [6.07, 6.45) is 2.63. The molecule has 0 spiro atoms. The Morgan fingerprint density at radius 3 is 2.39 bits per heavy atom. The van der Waals surface area contributed by atoms with E-state index in [2.05, 4.69) is 19.2 Å². The number of amides is 2. The van der Waals surface area contributed by atoms with Crippen molar-refractivity contribution in [2.45, 2.75) is 45.6 Å². The molecule has 0 saturated carbocycles. The van der Waals surface area contributed by atoms with E-state index in [1.165, 1.54) is 0 Å². The van der Waals surface area contributed by atoms with E-state index >= 15 is 0 Å². The molecule has 1 aliphatic heterocycles. The number of piperidine rings is 1. The Labute approximate surface area is 138 Å². The molecule has 0 aliphatic carbocycles. The number of nitrogen functional groups attached to an aromatic ring is 1. The molecule has 23 heavy (non-hydrogen) atoms. The monoisotopic (exact) mass is 317 g/mol. The van der Waals surface area contributed by atoms with Crippen LogP contribution in [0.2, 0.25) is 0 Å². The molecule has 3 N–H and O–H groups in total. The zero-order valence-corrected chi connectivity index (χ0v) is 14.0. The van der Waals surface area contributed by atoms with Crippen molar-refractivity contribution in [2.24, 2.45) is 5.92 Å². The van der Waals surface area contributed by atoms with E-state index in [1.807, 2.05) is 17.0 Å². The fraction of sp³-hybridized carbons (Fsp3) is 0.556. The van der Waals surface area contributed by atoms with Crippen molar-refractivity contribution < 1.29 is 9.59 Å². The number of anilines is 1. The molecular weight excluding hydrogens is 290 g/mol. The van der Waals surface area contributed by atoms with E-state index in [0.29, 0.717) is 24.4 Å². The van der Waals surface area contributed by atoms with Crippen molar-refractivity contribution in [1.82, 2.24) is 10.2 Å². The highest BCUT2D eigenvalue weighted by atomic mass is 16.2. The minimum absolute atomic E-state index is 0.0294. The van der Waals surface area contributed by atoms with Crippen molar-refractivity contribution in [2.75, 3.05) is 18.8 Å². The molecule has 1 fully saturated rings. The zero-order valence-electron chi connectivity index (χ0n) is 14.0. The summed E-state index contributed by atoms with van der Waals surface area (Å²) in [6, 6.07) is 7.53. The molecule has 2 amide bonds. The van der Waals surface area contributed by atoms with Crippen LogP contribution in [0.1, 0.15) is 38.7 Å². The highest BCUT2D eigenvalue weighted by Gasteiger charge is 2.24. The summed E-state index contributed by atoms with van der Waals surface area (Å²) in [5.74, 6) is 0.646. The van der Waals surface area contributed by atoms with Crippen molar-refractivity contribution >= 4 is 17.5 Å². The summed E-state index contributed by atoms with van der Waals surface area (Å²) in [6.45, 7) is 5.58. The Morgan fingerprint density at radius 1 is 1.22 bits per heavy atom. The highest BCUT2D eigenvalue weighted by molar-refractivity contribution is 5.79. The van der Waals surface area contributed by atoms with Crippen LogP contribution in [-0.4, -0.2) is 35.8 Å². The molecule has 1 aromatic carbocycles. The number of hydrogen-bond acceptors (Lipinski definition) is 3. The average Bonchev–Trinajstić information content (AvgIpc) is 2.49. The maximum atomic E-state index is 12.1. The lowest BCUT2D eigenvalue weighted by Gasteiger charge is -2.33. The minimum Gasteiger partial charge on any atom is -0.399 e. The molecule has 0 radical (unpaired) electrons. The zero-order chi connectivity index (χ0) is 16.8. The second-order valence-electron chi connectivity index (χ2n) is 6.74. The molecule has 0 aromatic heterocycles. The maximum absolute atomic E-state index is 12.1. The lowest BCUT2D eigenvalue weighted by Crippen LogP contribution is -2.47. The molecular formula is C18H27N3O2. The van der Waals surface area contributed by atoms with Crippen LogP contribution in [0.4, 0.5) is 5.69 Å². The number of nitrogens with one attached hydrogen (secondary N) is 1. The molecule has 5 heteroatoms. The minimum atomic E-state index is 0.0294. The number of nitrogens with zero attached hydrogens (tertiary/aromatic N) is 1. The molecule has 1 saturated heterocycles. The molecule has 5 nitrogen and oxygen atoms in total. The van der Waals surface area contributed by atoms with Gasteiger partial charge in [-0.2, -0.15) is 0 Å². The summed E-state index contributed by atoms with van der Waals surface area (Å²) in [7, 11) is 0. The van der Waals surface area contributed by atoms with Crippen molar-refractivity contribution in [3.8, 4) is 0 Å². The third kappa shape index (κ3) is 5.58. The Hall–Kier alpha value is -2.04. The third-order valence-corrected chi connectivity index (χ3v) is 4.14. The third-order valence-electron chi connectivity index (χ3n) is 4.14. The average molecular weight is 317 g/mol. The molecule has 0 atom stereocenters. The number of carbonyl (C=O) groups excluding carboxylic acids is 2. The van der Waals surface area contributed by atoms with Gasteiger partial charge in [0.25, 0.3) is 0 Å². The first-order chi connectivity index (χ1) is 10.9. The van der Waals surface area contributed by atoms with Gasteiger partial charge in [-0.1, -0.05) is 26.0 Å². The lowest BCUT2D eigenvalue weighted by atomic mass is 10.0. The summed E-state index contributed by atoms with van der Waals surface area (Å²) in [4.78, 5) is 26.1. The van der Waals surface area contributed by atoms with Crippen LogP contribution in [0.3, 0.4) is 0 Å². The van der Waals surface area contributed by atoms with Crippen LogP contribution < -0.4 is 11.1 Å². The van der Waals surface area contributed by atoms with Crippen molar-refractivity contribution in [1.29, 1.82) is 0 Å². The molecule has 0 bridgehead atoms. The van der Waals surface area contributed by atoms with E-state index in [4.69, 9.17) is 5.73 Å². The Bertz CT molecular complexity index is 532. The summed E-state index contributed by atoms with van der Waals surface area (Å²) >= 11 is 0. The molecule has 1 aliphatic rings. The first kappa shape index (κ1) is 17.3. The Kier molecular flexibility index (Phi) is 6.02. The first-order valence-electron chi connectivity index (χ1n) is 8.35. The van der Waals surface area contributed by atoms with Crippen molar-refractivity contribution in [3.63, 3.8) is 0 Å². The van der Waals surface area contributed by atoms with Crippen LogP contribution in [0, 0.1) is 5.92 Å². The van der Waals surface area contributed by atoms with E-state index in [1.54, 1.807) is 12.1 Å². The van der Waals surface area contributed by atoms with Crippen LogP contribution >= 0.6 is 0 Å². The van der Waals surface area contributed by atoms with Gasteiger partial charge in [0.05, 0.1) is 6.42 Å². The fourth-order valence-electron chi connectivity index (χ4n) is 2.85. The van der Waals surface area contributed by atoms with Crippen LogP contribution in [0.5, 0.6) is 0 Å². The molecule has 0 unspecified atom stereocenters. The number of rotatable bonds is 5. The van der Waals surface area contributed by atoms with Crippen LogP contribution in [0.25, 0.3) is 0 Å². The fourth-order valence-corrected chi connectivity index (χ4v) is 2.85. The number of benzene rings is 1. The topological polar surface area (TPSA) is 75.4 Å². The van der Waals surface area contributed by atoms with Gasteiger partial charge >= 0.3 is 0 Å². The van der Waals surface area contributed by atoms with Gasteiger partial charge in [-0.05, 0) is 36.5 Å². The lowest BCUT2D eigenvalue weighted by molar-refractivity contribution is -0.133. The summed E-state index contributed by atoms with van der Waals surface area (Å²) in [5, 5.41) is 3.07. The molecule has 2 rings (SSSR count). The normalized spacial score (nSPS) is 15.7. The predicted molar refractivity (Wildman–Crippen MR) is 91.8 cm³/mol. The summed E-state index contributed by atoms with van der Waals surface area (Å²) < 4.78 is 0. The van der Waals surface area contributed by atoms with Gasteiger partial charge < -0.3 is 16.0 Å². The van der Waals surface area contributed by atoms with Gasteiger partial charge in [0.2, 0.25) is 11.8 Å². The van der Waals surface area contributed by atoms with Gasteiger partial charge in [-0.15, -0.1) is 0 Å². The van der Waals surface area contributed by atoms with Crippen LogP contribution in [0.15, 0.2) is 24.3 Å². The number of hydrogen-bond donors (Lipinski definition) is 2. The second kappa shape index (κ2) is 7.99. The van der Waals surface area contributed by atoms with Gasteiger partial charge in [-0.3, -0.25) is 9.59 Å². The predicted octanol–water partition coefficient (Wildman–Crippen LogP) is 1.96. The SMILES string of the molecule is CC(C)CC(=O)N1CCC(NC(=O)Cc2ccc(N)cc2)CC1. The van der Waals surface area contributed by atoms with Gasteiger partial charge in [0.15, 0.2) is 0 Å². The number of nitrogens with two attached hydrogens (primary N) is 1. The Balaban J connectivity index is 1.74. The molecule has 1 heterocycles. The van der Waals surface area contributed by atoms with Gasteiger partial charge in [-0.25, -0.2) is 0 Å². The number of likely N-dealkylation sites (tertiary alicyclic amines) is 1. The maximum Gasteiger partial charge on any atom is 0.224 e. The van der Waals surface area contributed by atoms with Gasteiger partial charge in [0.1, 0.15) is 0 Å². The Morgan fingerprint density at radius 2 is 1.83 bits per heavy atom. The second-order valence-corrected chi connectivity index (χ2v) is 6.74. The largest absolute Gasteiger partial charge is 0.399 e.